The van der Waals surface area contributed by atoms with Crippen LogP contribution in [0.25, 0.3) is 0 Å². The molecule has 0 N–H and O–H groups in total. The number of likely N-dealkylation sites (tertiary alicyclic amines) is 1. The van der Waals surface area contributed by atoms with Crippen LogP contribution in [0.3, 0.4) is 0 Å². The average Bonchev–Trinajstić information content (AvgIpc) is 3.07. The van der Waals surface area contributed by atoms with E-state index in [-0.39, 0.29) is 17.7 Å². The summed E-state index contributed by atoms with van der Waals surface area (Å²) >= 11 is 3.39. The van der Waals surface area contributed by atoms with Crippen molar-refractivity contribution in [3.05, 3.63) is 70.2 Å². The van der Waals surface area contributed by atoms with E-state index < -0.39 is 10.8 Å². The molecule has 2 aromatic rings. The molecule has 3 rings (SSSR count). The number of hydrogen-bond donors (Lipinski definition) is 0. The first-order valence-electron chi connectivity index (χ1n) is 8.07. The molecule has 2 aromatic carbocycles. The molecule has 0 aromatic heterocycles. The second-order valence-electron chi connectivity index (χ2n) is 6.01. The van der Waals surface area contributed by atoms with E-state index in [9.17, 15) is 9.00 Å². The molecule has 1 heterocycles. The van der Waals surface area contributed by atoms with Crippen LogP contribution in [0.2, 0.25) is 0 Å². The van der Waals surface area contributed by atoms with E-state index in [2.05, 4.69) is 28.1 Å². The van der Waals surface area contributed by atoms with Gasteiger partial charge in [0.05, 0.1) is 6.04 Å². The minimum absolute atomic E-state index is 0.00296. The highest BCUT2D eigenvalue weighted by atomic mass is 79.9. The van der Waals surface area contributed by atoms with Crippen LogP contribution in [-0.4, -0.2) is 27.3 Å². The quantitative estimate of drug-likeness (QED) is 0.751. The summed E-state index contributed by atoms with van der Waals surface area (Å²) in [6.07, 6.45) is 1.99. The summed E-state index contributed by atoms with van der Waals surface area (Å²) < 4.78 is 13.4. The summed E-state index contributed by atoms with van der Waals surface area (Å²) in [4.78, 5) is 14.5. The predicted molar refractivity (Wildman–Crippen MR) is 101 cm³/mol. The van der Waals surface area contributed by atoms with Gasteiger partial charge in [0, 0.05) is 27.6 Å². The molecule has 1 saturated heterocycles. The number of benzene rings is 2. The number of rotatable bonds is 5. The molecule has 3 nitrogen and oxygen atoms in total. The Bertz CT molecular complexity index is 718. The lowest BCUT2D eigenvalue weighted by molar-refractivity contribution is -0.129. The summed E-state index contributed by atoms with van der Waals surface area (Å²) in [5.41, 5.74) is 2.16. The van der Waals surface area contributed by atoms with Gasteiger partial charge in [-0.1, -0.05) is 58.4 Å². The monoisotopic (exact) mass is 405 g/mol. The number of hydrogen-bond acceptors (Lipinski definition) is 2. The maximum absolute atomic E-state index is 12.6. The molecule has 2 atom stereocenters. The van der Waals surface area contributed by atoms with E-state index in [1.807, 2.05) is 47.4 Å². The van der Waals surface area contributed by atoms with Gasteiger partial charge in [0.25, 0.3) is 0 Å². The topological polar surface area (TPSA) is 37.4 Å². The molecule has 0 aliphatic carbocycles. The summed E-state index contributed by atoms with van der Waals surface area (Å²) in [7, 11) is -1.18. The highest BCUT2D eigenvalue weighted by Crippen LogP contribution is 2.31. The van der Waals surface area contributed by atoms with Crippen molar-refractivity contribution in [1.29, 1.82) is 0 Å². The molecule has 0 bridgehead atoms. The zero-order valence-corrected chi connectivity index (χ0v) is 15.8. The van der Waals surface area contributed by atoms with Gasteiger partial charge in [-0.25, -0.2) is 0 Å². The molecule has 1 aliphatic heterocycles. The average molecular weight is 406 g/mol. The number of halogens is 1. The summed E-state index contributed by atoms with van der Waals surface area (Å²) in [5, 5.41) is 0. The van der Waals surface area contributed by atoms with E-state index >= 15 is 0 Å². The van der Waals surface area contributed by atoms with Crippen molar-refractivity contribution < 1.29 is 9.00 Å². The van der Waals surface area contributed by atoms with Crippen molar-refractivity contribution >= 4 is 32.6 Å². The molecule has 1 amide bonds. The van der Waals surface area contributed by atoms with Gasteiger partial charge >= 0.3 is 0 Å². The fraction of sp³-hybridized carbons (Fsp3) is 0.316. The van der Waals surface area contributed by atoms with Gasteiger partial charge in [-0.15, -0.1) is 0 Å². The van der Waals surface area contributed by atoms with E-state index in [0.29, 0.717) is 5.75 Å². The summed E-state index contributed by atoms with van der Waals surface area (Å²) in [5.74, 6) is 0.513. The molecule has 0 unspecified atom stereocenters. The van der Waals surface area contributed by atoms with E-state index in [0.717, 1.165) is 29.4 Å². The molecular formula is C19H20BrNO2S. The van der Waals surface area contributed by atoms with Crippen molar-refractivity contribution in [2.45, 2.75) is 24.6 Å². The highest BCUT2D eigenvalue weighted by Gasteiger charge is 2.30. The second kappa shape index (κ2) is 8.08. The van der Waals surface area contributed by atoms with E-state index in [1.54, 1.807) is 0 Å². The van der Waals surface area contributed by atoms with Gasteiger partial charge in [-0.3, -0.25) is 9.00 Å². The van der Waals surface area contributed by atoms with Crippen LogP contribution in [0.15, 0.2) is 59.1 Å². The van der Waals surface area contributed by atoms with Gasteiger partial charge in [0.1, 0.15) is 5.75 Å². The Morgan fingerprint density at radius 1 is 1.12 bits per heavy atom. The zero-order chi connectivity index (χ0) is 16.9. The molecule has 0 spiro atoms. The zero-order valence-electron chi connectivity index (χ0n) is 13.4. The molecule has 1 aliphatic rings. The summed E-state index contributed by atoms with van der Waals surface area (Å²) in [6.45, 7) is 0.758. The third-order valence-corrected chi connectivity index (χ3v) is 6.04. The first-order chi connectivity index (χ1) is 11.6. The lowest BCUT2D eigenvalue weighted by Gasteiger charge is -2.25. The fourth-order valence-electron chi connectivity index (χ4n) is 3.13. The van der Waals surface area contributed by atoms with Gasteiger partial charge < -0.3 is 4.90 Å². The predicted octanol–water partition coefficient (Wildman–Crippen LogP) is 4.06. The van der Waals surface area contributed by atoms with Crippen LogP contribution in [-0.2, 0) is 21.3 Å². The smallest absolute Gasteiger partial charge is 0.235 e. The largest absolute Gasteiger partial charge is 0.335 e. The van der Waals surface area contributed by atoms with Crippen LogP contribution >= 0.6 is 15.9 Å². The molecule has 24 heavy (non-hydrogen) atoms. The Hall–Kier alpha value is -1.46. The lowest BCUT2D eigenvalue weighted by Crippen LogP contribution is -2.34. The highest BCUT2D eigenvalue weighted by molar-refractivity contribution is 9.10. The molecule has 0 radical (unpaired) electrons. The van der Waals surface area contributed by atoms with Gasteiger partial charge in [-0.2, -0.15) is 0 Å². The van der Waals surface area contributed by atoms with Crippen LogP contribution in [0.1, 0.15) is 30.0 Å². The van der Waals surface area contributed by atoms with E-state index in [1.165, 1.54) is 5.56 Å². The molecular weight excluding hydrogens is 386 g/mol. The molecule has 0 saturated carbocycles. The second-order valence-corrected chi connectivity index (χ2v) is 8.38. The Kier molecular flexibility index (Phi) is 5.85. The van der Waals surface area contributed by atoms with Gasteiger partial charge in [0.15, 0.2) is 0 Å². The van der Waals surface area contributed by atoms with Crippen molar-refractivity contribution in [2.75, 3.05) is 12.3 Å². The molecule has 1 fully saturated rings. The minimum Gasteiger partial charge on any atom is -0.335 e. The maximum atomic E-state index is 12.6. The van der Waals surface area contributed by atoms with Crippen molar-refractivity contribution in [3.63, 3.8) is 0 Å². The van der Waals surface area contributed by atoms with Crippen LogP contribution in [0, 0.1) is 0 Å². The van der Waals surface area contributed by atoms with Crippen molar-refractivity contribution in [3.8, 4) is 0 Å². The normalized spacial score (nSPS) is 18.5. The lowest BCUT2D eigenvalue weighted by atomic mass is 10.0. The van der Waals surface area contributed by atoms with Crippen molar-refractivity contribution in [1.82, 2.24) is 4.90 Å². The number of amides is 1. The molecule has 5 heteroatoms. The molecule has 126 valence electrons. The first-order valence-corrected chi connectivity index (χ1v) is 10.4. The Morgan fingerprint density at radius 3 is 2.54 bits per heavy atom. The van der Waals surface area contributed by atoms with Gasteiger partial charge in [0.2, 0.25) is 5.91 Å². The Morgan fingerprint density at radius 2 is 1.83 bits per heavy atom. The summed E-state index contributed by atoms with van der Waals surface area (Å²) in [6, 6.07) is 18.0. The third kappa shape index (κ3) is 4.33. The van der Waals surface area contributed by atoms with Crippen molar-refractivity contribution in [2.24, 2.45) is 0 Å². The van der Waals surface area contributed by atoms with Gasteiger partial charge in [-0.05, 0) is 36.1 Å². The Labute approximate surface area is 153 Å². The standard InChI is InChI=1S/C19H20BrNO2S/c20-17-10-8-15(9-11-17)13-24(23)14-19(22)21-12-4-7-18(21)16-5-2-1-3-6-16/h1-3,5-6,8-11,18H,4,7,12-14H2/t18-,24-/m1/s1. The Balaban J connectivity index is 1.61. The third-order valence-electron chi connectivity index (χ3n) is 4.28. The number of carbonyl (C=O) groups excluding carboxylic acids is 1. The van der Waals surface area contributed by atoms with Crippen LogP contribution < -0.4 is 0 Å². The first kappa shape index (κ1) is 17.4. The SMILES string of the molecule is O=C(C[S@](=O)Cc1ccc(Br)cc1)N1CCC[C@@H]1c1ccccc1. The fourth-order valence-corrected chi connectivity index (χ4v) is 4.50. The maximum Gasteiger partial charge on any atom is 0.235 e. The van der Waals surface area contributed by atoms with E-state index in [4.69, 9.17) is 0 Å². The van der Waals surface area contributed by atoms with Crippen LogP contribution in [0.4, 0.5) is 0 Å². The number of carbonyl (C=O) groups is 1. The number of nitrogens with zero attached hydrogens (tertiary/aromatic N) is 1. The van der Waals surface area contributed by atoms with Crippen LogP contribution in [0.5, 0.6) is 0 Å². The minimum atomic E-state index is -1.18.